The van der Waals surface area contributed by atoms with Crippen LogP contribution in [0.25, 0.3) is 0 Å². The molecule has 0 bridgehead atoms. The highest BCUT2D eigenvalue weighted by atomic mass is 15.1. The van der Waals surface area contributed by atoms with Crippen LogP contribution in [0.1, 0.15) is 6.92 Å². The normalized spacial score (nSPS) is 11.4. The fraction of sp³-hybridized carbons (Fsp3) is 0.571. The molecule has 52 valence electrons. The van der Waals surface area contributed by atoms with E-state index in [-0.39, 0.29) is 0 Å². The zero-order valence-corrected chi connectivity index (χ0v) is 6.33. The summed E-state index contributed by atoms with van der Waals surface area (Å²) in [6.45, 7) is 3.14. The highest BCUT2D eigenvalue weighted by Crippen LogP contribution is 1.79. The van der Waals surface area contributed by atoms with Crippen LogP contribution >= 0.6 is 0 Å². The third-order valence-corrected chi connectivity index (χ3v) is 1.07. The van der Waals surface area contributed by atoms with E-state index >= 15 is 0 Å². The van der Waals surface area contributed by atoms with Crippen molar-refractivity contribution in [2.75, 3.05) is 20.6 Å². The molecule has 0 aliphatic carbocycles. The van der Waals surface area contributed by atoms with Gasteiger partial charge in [0.2, 0.25) is 0 Å². The molecule has 2 nitrogen and oxygen atoms in total. The van der Waals surface area contributed by atoms with Crippen LogP contribution in [0, 0.1) is 0 Å². The van der Waals surface area contributed by atoms with E-state index in [1.807, 2.05) is 19.3 Å². The smallest absolute Gasteiger partial charge is 0.0277 e. The van der Waals surface area contributed by atoms with Gasteiger partial charge in [0.15, 0.2) is 0 Å². The third kappa shape index (κ3) is 5.07. The molecule has 0 aromatic rings. The van der Waals surface area contributed by atoms with E-state index in [2.05, 4.69) is 16.8 Å². The van der Waals surface area contributed by atoms with E-state index in [9.17, 15) is 0 Å². The first-order valence-electron chi connectivity index (χ1n) is 3.10. The van der Waals surface area contributed by atoms with Crippen LogP contribution in [0.4, 0.5) is 0 Å². The van der Waals surface area contributed by atoms with E-state index < -0.39 is 0 Å². The van der Waals surface area contributed by atoms with Crippen molar-refractivity contribution in [3.63, 3.8) is 0 Å². The summed E-state index contributed by atoms with van der Waals surface area (Å²) in [6.07, 6.45) is 5.68. The van der Waals surface area contributed by atoms with Gasteiger partial charge in [0.25, 0.3) is 0 Å². The summed E-state index contributed by atoms with van der Waals surface area (Å²) in [4.78, 5) is 5.89. The fourth-order valence-corrected chi connectivity index (χ4v) is 0.377. The molecule has 0 saturated heterocycles. The van der Waals surface area contributed by atoms with Crippen molar-refractivity contribution in [2.45, 2.75) is 6.92 Å². The lowest BCUT2D eigenvalue weighted by Gasteiger charge is -2.07. The first kappa shape index (κ1) is 8.21. The number of hydrogen-bond donors (Lipinski definition) is 0. The van der Waals surface area contributed by atoms with Crippen molar-refractivity contribution in [1.29, 1.82) is 0 Å². The van der Waals surface area contributed by atoms with Crippen LogP contribution in [0.15, 0.2) is 17.3 Å². The largest absolute Gasteiger partial charge is 0.381 e. The monoisotopic (exact) mass is 126 g/mol. The number of rotatable bonds is 3. The second-order valence-corrected chi connectivity index (χ2v) is 1.82. The molecule has 0 fully saturated rings. The van der Waals surface area contributed by atoms with E-state index in [0.29, 0.717) is 0 Å². The Morgan fingerprint density at radius 2 is 2.22 bits per heavy atom. The summed E-state index contributed by atoms with van der Waals surface area (Å²) in [5, 5.41) is 0. The molecule has 0 saturated carbocycles. The predicted octanol–water partition coefficient (Wildman–Crippen LogP) is 1.15. The quantitative estimate of drug-likeness (QED) is 0.518. The molecule has 0 aliphatic heterocycles. The van der Waals surface area contributed by atoms with Gasteiger partial charge >= 0.3 is 0 Å². The Kier molecular flexibility index (Phi) is 4.88. The molecule has 0 aromatic carbocycles. The number of allylic oxidation sites excluding steroid dienone is 1. The Morgan fingerprint density at radius 1 is 1.56 bits per heavy atom. The maximum Gasteiger partial charge on any atom is 0.0277 e. The second-order valence-electron chi connectivity index (χ2n) is 1.82. The SMILES string of the molecule is CCN(C)/C=C/C=NC. The molecule has 0 spiro atoms. The minimum Gasteiger partial charge on any atom is -0.381 e. The molecule has 2 heteroatoms. The van der Waals surface area contributed by atoms with E-state index in [1.165, 1.54) is 0 Å². The van der Waals surface area contributed by atoms with Gasteiger partial charge in [-0.05, 0) is 13.0 Å². The van der Waals surface area contributed by atoms with Crippen LogP contribution in [-0.2, 0) is 0 Å². The van der Waals surface area contributed by atoms with Gasteiger partial charge in [-0.15, -0.1) is 0 Å². The Hall–Kier alpha value is -0.790. The van der Waals surface area contributed by atoms with Crippen molar-refractivity contribution < 1.29 is 0 Å². The highest BCUT2D eigenvalue weighted by Gasteiger charge is 1.78. The minimum absolute atomic E-state index is 1.04. The van der Waals surface area contributed by atoms with Gasteiger partial charge in [-0.3, -0.25) is 4.99 Å². The first-order valence-corrected chi connectivity index (χ1v) is 3.10. The fourth-order valence-electron chi connectivity index (χ4n) is 0.377. The average Bonchev–Trinajstić information content (AvgIpc) is 1.89. The Bertz CT molecular complexity index is 105. The van der Waals surface area contributed by atoms with Crippen LogP contribution in [0.5, 0.6) is 0 Å². The summed E-state index contributed by atoms with van der Waals surface area (Å²) in [6, 6.07) is 0. The molecular formula is C7H14N2. The van der Waals surface area contributed by atoms with Crippen molar-refractivity contribution >= 4 is 6.21 Å². The molecule has 0 aliphatic rings. The predicted molar refractivity (Wildman–Crippen MR) is 41.9 cm³/mol. The van der Waals surface area contributed by atoms with Crippen molar-refractivity contribution in [2.24, 2.45) is 4.99 Å². The molecule has 0 N–H and O–H groups in total. The van der Waals surface area contributed by atoms with Crippen molar-refractivity contribution in [3.8, 4) is 0 Å². The molecular weight excluding hydrogens is 112 g/mol. The van der Waals surface area contributed by atoms with E-state index in [1.54, 1.807) is 13.3 Å². The van der Waals surface area contributed by atoms with Crippen LogP contribution in [0.3, 0.4) is 0 Å². The zero-order valence-electron chi connectivity index (χ0n) is 6.33. The maximum absolute atomic E-state index is 3.80. The lowest BCUT2D eigenvalue weighted by atomic mass is 10.6. The molecule has 0 heterocycles. The molecule has 0 aromatic heterocycles. The number of nitrogens with zero attached hydrogens (tertiary/aromatic N) is 2. The zero-order chi connectivity index (χ0) is 7.11. The van der Waals surface area contributed by atoms with E-state index in [4.69, 9.17) is 0 Å². The average molecular weight is 126 g/mol. The molecule has 0 rings (SSSR count). The van der Waals surface area contributed by atoms with Crippen LogP contribution in [0.2, 0.25) is 0 Å². The third-order valence-electron chi connectivity index (χ3n) is 1.07. The number of aliphatic imine (C=N–C) groups is 1. The van der Waals surface area contributed by atoms with Gasteiger partial charge in [0, 0.05) is 33.1 Å². The first-order chi connectivity index (χ1) is 4.31. The van der Waals surface area contributed by atoms with Gasteiger partial charge in [-0.25, -0.2) is 0 Å². The van der Waals surface area contributed by atoms with Gasteiger partial charge < -0.3 is 4.90 Å². The number of hydrogen-bond acceptors (Lipinski definition) is 2. The lowest BCUT2D eigenvalue weighted by Crippen LogP contribution is -2.08. The van der Waals surface area contributed by atoms with Crippen LogP contribution in [-0.4, -0.2) is 31.8 Å². The topological polar surface area (TPSA) is 15.6 Å². The van der Waals surface area contributed by atoms with Crippen molar-refractivity contribution in [3.05, 3.63) is 12.3 Å². The summed E-state index contributed by atoms with van der Waals surface area (Å²) >= 11 is 0. The molecule has 0 radical (unpaired) electrons. The minimum atomic E-state index is 1.04. The van der Waals surface area contributed by atoms with Gasteiger partial charge in [0.05, 0.1) is 0 Å². The maximum atomic E-state index is 3.80. The van der Waals surface area contributed by atoms with E-state index in [0.717, 1.165) is 6.54 Å². The highest BCUT2D eigenvalue weighted by molar-refractivity contribution is 5.70. The summed E-state index contributed by atoms with van der Waals surface area (Å²) < 4.78 is 0. The summed E-state index contributed by atoms with van der Waals surface area (Å²) in [7, 11) is 3.79. The lowest BCUT2D eigenvalue weighted by molar-refractivity contribution is 0.485. The van der Waals surface area contributed by atoms with Crippen molar-refractivity contribution in [1.82, 2.24) is 4.90 Å². The molecule has 9 heavy (non-hydrogen) atoms. The Balaban J connectivity index is 3.43. The molecule has 0 atom stereocenters. The van der Waals surface area contributed by atoms with Crippen LogP contribution < -0.4 is 0 Å². The summed E-state index contributed by atoms with van der Waals surface area (Å²) in [5.41, 5.74) is 0. The Morgan fingerprint density at radius 3 is 2.67 bits per heavy atom. The van der Waals surface area contributed by atoms with Gasteiger partial charge in [-0.2, -0.15) is 0 Å². The standard InChI is InChI=1S/C7H14N2/c1-4-9(3)7-5-6-8-2/h5-7H,4H2,1-3H3/b7-5+,8-6?. The molecule has 0 unspecified atom stereocenters. The van der Waals surface area contributed by atoms with Gasteiger partial charge in [0.1, 0.15) is 0 Å². The second kappa shape index (κ2) is 5.35. The Labute approximate surface area is 56.9 Å². The van der Waals surface area contributed by atoms with Gasteiger partial charge in [-0.1, -0.05) is 0 Å². The molecule has 0 amide bonds. The summed E-state index contributed by atoms with van der Waals surface area (Å²) in [5.74, 6) is 0.